The number of morpholine rings is 1. The van der Waals surface area contributed by atoms with Gasteiger partial charge >= 0.3 is 0 Å². The van der Waals surface area contributed by atoms with Crippen molar-refractivity contribution in [2.24, 2.45) is 0 Å². The van der Waals surface area contributed by atoms with Gasteiger partial charge in [0.05, 0.1) is 19.3 Å². The molecule has 0 bridgehead atoms. The summed E-state index contributed by atoms with van der Waals surface area (Å²) in [6.45, 7) is 4.80. The third-order valence-electron chi connectivity index (χ3n) is 3.07. The SMILES string of the molecule is CCC1CN(C(=O)CNC2CC2)CCO1. The van der Waals surface area contributed by atoms with E-state index in [1.807, 2.05) is 4.90 Å². The van der Waals surface area contributed by atoms with E-state index in [-0.39, 0.29) is 12.0 Å². The van der Waals surface area contributed by atoms with E-state index in [1.165, 1.54) is 12.8 Å². The molecule has 0 radical (unpaired) electrons. The first-order valence-electron chi connectivity index (χ1n) is 5.92. The van der Waals surface area contributed by atoms with Gasteiger partial charge in [0.1, 0.15) is 0 Å². The molecular weight excluding hydrogens is 192 g/mol. The quantitative estimate of drug-likeness (QED) is 0.732. The molecule has 2 aliphatic rings. The molecule has 1 atom stereocenters. The van der Waals surface area contributed by atoms with Crippen molar-refractivity contribution < 1.29 is 9.53 Å². The largest absolute Gasteiger partial charge is 0.375 e. The fourth-order valence-corrected chi connectivity index (χ4v) is 1.82. The lowest BCUT2D eigenvalue weighted by atomic mass is 10.2. The van der Waals surface area contributed by atoms with E-state index in [4.69, 9.17) is 4.74 Å². The molecule has 1 saturated carbocycles. The Morgan fingerprint density at radius 3 is 3.00 bits per heavy atom. The first-order valence-corrected chi connectivity index (χ1v) is 5.92. The molecule has 0 aromatic heterocycles. The van der Waals surface area contributed by atoms with Gasteiger partial charge in [-0.1, -0.05) is 6.92 Å². The maximum absolute atomic E-state index is 11.8. The Labute approximate surface area is 91.0 Å². The van der Waals surface area contributed by atoms with Crippen molar-refractivity contribution in [1.29, 1.82) is 0 Å². The van der Waals surface area contributed by atoms with Crippen LogP contribution in [0.1, 0.15) is 26.2 Å². The van der Waals surface area contributed by atoms with Gasteiger partial charge in [-0.2, -0.15) is 0 Å². The minimum atomic E-state index is 0.226. The third-order valence-corrected chi connectivity index (χ3v) is 3.07. The number of amides is 1. The highest BCUT2D eigenvalue weighted by molar-refractivity contribution is 5.78. The minimum Gasteiger partial charge on any atom is -0.375 e. The fraction of sp³-hybridized carbons (Fsp3) is 0.909. The zero-order valence-electron chi connectivity index (χ0n) is 9.37. The van der Waals surface area contributed by atoms with E-state index in [1.54, 1.807) is 0 Å². The number of ether oxygens (including phenoxy) is 1. The molecule has 0 aromatic rings. The average Bonchev–Trinajstić information content (AvgIpc) is 3.10. The topological polar surface area (TPSA) is 41.6 Å². The smallest absolute Gasteiger partial charge is 0.236 e. The molecule has 2 rings (SSSR count). The van der Waals surface area contributed by atoms with Crippen LogP contribution in [0.2, 0.25) is 0 Å². The van der Waals surface area contributed by atoms with Crippen LogP contribution in [0.25, 0.3) is 0 Å². The fourth-order valence-electron chi connectivity index (χ4n) is 1.82. The summed E-state index contributed by atoms with van der Waals surface area (Å²) < 4.78 is 5.53. The lowest BCUT2D eigenvalue weighted by Crippen LogP contribution is -2.48. The molecule has 15 heavy (non-hydrogen) atoms. The Morgan fingerprint density at radius 1 is 1.53 bits per heavy atom. The highest BCUT2D eigenvalue weighted by Crippen LogP contribution is 2.18. The predicted octanol–water partition coefficient (Wildman–Crippen LogP) is 0.376. The molecule has 0 aromatic carbocycles. The Hall–Kier alpha value is -0.610. The third kappa shape index (κ3) is 3.18. The molecule has 4 nitrogen and oxygen atoms in total. The Kier molecular flexibility index (Phi) is 3.59. The van der Waals surface area contributed by atoms with Gasteiger partial charge < -0.3 is 15.0 Å². The van der Waals surface area contributed by atoms with Crippen molar-refractivity contribution in [3.05, 3.63) is 0 Å². The van der Waals surface area contributed by atoms with Crippen molar-refractivity contribution in [3.8, 4) is 0 Å². The van der Waals surface area contributed by atoms with Gasteiger partial charge in [0.2, 0.25) is 5.91 Å². The molecule has 1 amide bonds. The van der Waals surface area contributed by atoms with Crippen LogP contribution in [0.15, 0.2) is 0 Å². The number of carbonyl (C=O) groups excluding carboxylic acids is 1. The molecule has 1 aliphatic heterocycles. The highest BCUT2D eigenvalue weighted by atomic mass is 16.5. The number of hydrogen-bond acceptors (Lipinski definition) is 3. The molecule has 4 heteroatoms. The second-order valence-corrected chi connectivity index (χ2v) is 4.40. The van der Waals surface area contributed by atoms with Gasteiger partial charge in [0.15, 0.2) is 0 Å². The summed E-state index contributed by atoms with van der Waals surface area (Å²) in [4.78, 5) is 13.7. The van der Waals surface area contributed by atoms with Gasteiger partial charge in [0, 0.05) is 19.1 Å². The average molecular weight is 212 g/mol. The molecule has 1 saturated heterocycles. The van der Waals surface area contributed by atoms with Crippen molar-refractivity contribution in [3.63, 3.8) is 0 Å². The molecule has 0 spiro atoms. The summed E-state index contributed by atoms with van der Waals surface area (Å²) in [6, 6.07) is 0.608. The van der Waals surface area contributed by atoms with Gasteiger partial charge in [-0.25, -0.2) is 0 Å². The lowest BCUT2D eigenvalue weighted by molar-refractivity contribution is -0.137. The second-order valence-electron chi connectivity index (χ2n) is 4.40. The van der Waals surface area contributed by atoms with Gasteiger partial charge in [-0.05, 0) is 19.3 Å². The Balaban J connectivity index is 1.72. The van der Waals surface area contributed by atoms with E-state index in [0.29, 0.717) is 19.2 Å². The molecule has 1 aliphatic carbocycles. The normalized spacial score (nSPS) is 26.7. The van der Waals surface area contributed by atoms with Crippen molar-refractivity contribution in [2.45, 2.75) is 38.3 Å². The summed E-state index contributed by atoms with van der Waals surface area (Å²) in [5.74, 6) is 0.226. The zero-order chi connectivity index (χ0) is 10.7. The van der Waals surface area contributed by atoms with E-state index < -0.39 is 0 Å². The number of nitrogens with one attached hydrogen (secondary N) is 1. The molecular formula is C11H20N2O2. The Bertz CT molecular complexity index is 229. The van der Waals surface area contributed by atoms with E-state index in [9.17, 15) is 4.79 Å². The number of nitrogens with zero attached hydrogens (tertiary/aromatic N) is 1. The molecule has 2 fully saturated rings. The lowest BCUT2D eigenvalue weighted by Gasteiger charge is -2.32. The molecule has 1 N–H and O–H groups in total. The first-order chi connectivity index (χ1) is 7.29. The van der Waals surface area contributed by atoms with E-state index >= 15 is 0 Å². The van der Waals surface area contributed by atoms with Crippen LogP contribution in [-0.2, 0) is 9.53 Å². The van der Waals surface area contributed by atoms with Crippen LogP contribution in [-0.4, -0.2) is 49.2 Å². The maximum atomic E-state index is 11.8. The highest BCUT2D eigenvalue weighted by Gasteiger charge is 2.25. The molecule has 1 heterocycles. The van der Waals surface area contributed by atoms with Crippen molar-refractivity contribution in [1.82, 2.24) is 10.2 Å². The van der Waals surface area contributed by atoms with E-state index in [2.05, 4.69) is 12.2 Å². The zero-order valence-corrected chi connectivity index (χ0v) is 9.37. The minimum absolute atomic E-state index is 0.226. The first kappa shape index (κ1) is 10.9. The van der Waals surface area contributed by atoms with Gasteiger partial charge in [-0.15, -0.1) is 0 Å². The summed E-state index contributed by atoms with van der Waals surface area (Å²) in [5.41, 5.74) is 0. The summed E-state index contributed by atoms with van der Waals surface area (Å²) in [6.07, 6.45) is 3.69. The van der Waals surface area contributed by atoms with Crippen molar-refractivity contribution in [2.75, 3.05) is 26.2 Å². The maximum Gasteiger partial charge on any atom is 0.236 e. The number of hydrogen-bond donors (Lipinski definition) is 1. The van der Waals surface area contributed by atoms with E-state index in [0.717, 1.165) is 19.5 Å². The van der Waals surface area contributed by atoms with Gasteiger partial charge in [-0.3, -0.25) is 4.79 Å². The van der Waals surface area contributed by atoms with Crippen LogP contribution in [0.4, 0.5) is 0 Å². The standard InChI is InChI=1S/C11H20N2O2/c1-2-10-8-13(5-6-15-10)11(14)7-12-9-3-4-9/h9-10,12H,2-8H2,1H3. The Morgan fingerprint density at radius 2 is 2.33 bits per heavy atom. The molecule has 1 unspecified atom stereocenters. The van der Waals surface area contributed by atoms with Gasteiger partial charge in [0.25, 0.3) is 0 Å². The summed E-state index contributed by atoms with van der Waals surface area (Å²) >= 11 is 0. The monoisotopic (exact) mass is 212 g/mol. The molecule has 86 valence electrons. The van der Waals surface area contributed by atoms with Crippen LogP contribution < -0.4 is 5.32 Å². The summed E-state index contributed by atoms with van der Waals surface area (Å²) in [5, 5.41) is 3.25. The second kappa shape index (κ2) is 4.94. The van der Waals surface area contributed by atoms with Crippen molar-refractivity contribution >= 4 is 5.91 Å². The van der Waals surface area contributed by atoms with Crippen LogP contribution in [0.5, 0.6) is 0 Å². The van der Waals surface area contributed by atoms with Crippen LogP contribution in [0.3, 0.4) is 0 Å². The number of carbonyl (C=O) groups is 1. The predicted molar refractivity (Wildman–Crippen MR) is 57.6 cm³/mol. The summed E-state index contributed by atoms with van der Waals surface area (Å²) in [7, 11) is 0. The van der Waals surface area contributed by atoms with Crippen LogP contribution >= 0.6 is 0 Å². The number of rotatable bonds is 4. The van der Waals surface area contributed by atoms with Crippen LogP contribution in [0, 0.1) is 0 Å².